The molecule has 0 bridgehead atoms. The molecule has 3 rings (SSSR count). The first-order chi connectivity index (χ1) is 15.5. The van der Waals surface area contributed by atoms with E-state index in [1.54, 1.807) is 24.3 Å². The monoisotopic (exact) mass is 431 g/mol. The Kier molecular flexibility index (Phi) is 8.26. The summed E-state index contributed by atoms with van der Waals surface area (Å²) < 4.78 is 5.60. The van der Waals surface area contributed by atoms with Crippen LogP contribution in [0, 0.1) is 0 Å². The Morgan fingerprint density at radius 3 is 2.38 bits per heavy atom. The number of carbonyl (C=O) groups excluding carboxylic acids is 2. The molecule has 0 radical (unpaired) electrons. The Bertz CT molecular complexity index is 1020. The molecule has 6 nitrogen and oxygen atoms in total. The summed E-state index contributed by atoms with van der Waals surface area (Å²) in [5.74, 6) is 0.429. The van der Waals surface area contributed by atoms with Crippen LogP contribution in [0.2, 0.25) is 0 Å². The standard InChI is InChI=1S/C26H29N3O3/c1-3-16-32-24-11-7-10-23(17-24)27-18-25(30)29-22-14-12-21(13-15-22)26(31)28-19(2)20-8-5-4-6-9-20/h4-15,17,19,27H,3,16,18H2,1-2H3,(H,28,31)(H,29,30). The maximum absolute atomic E-state index is 12.5. The van der Waals surface area contributed by atoms with Gasteiger partial charge in [-0.3, -0.25) is 9.59 Å². The van der Waals surface area contributed by atoms with Gasteiger partial charge in [0.05, 0.1) is 19.2 Å². The number of amides is 2. The molecular formula is C26H29N3O3. The number of nitrogens with one attached hydrogen (secondary N) is 3. The van der Waals surface area contributed by atoms with Crippen molar-refractivity contribution in [3.63, 3.8) is 0 Å². The van der Waals surface area contributed by atoms with Gasteiger partial charge in [0.25, 0.3) is 5.91 Å². The van der Waals surface area contributed by atoms with E-state index >= 15 is 0 Å². The van der Waals surface area contributed by atoms with Crippen LogP contribution < -0.4 is 20.7 Å². The van der Waals surface area contributed by atoms with Crippen LogP contribution in [0.1, 0.15) is 42.2 Å². The van der Waals surface area contributed by atoms with Crippen molar-refractivity contribution in [2.45, 2.75) is 26.3 Å². The molecule has 0 heterocycles. The van der Waals surface area contributed by atoms with Gasteiger partial charge in [-0.25, -0.2) is 0 Å². The Morgan fingerprint density at radius 1 is 0.906 bits per heavy atom. The Labute approximate surface area is 189 Å². The lowest BCUT2D eigenvalue weighted by Gasteiger charge is -2.14. The summed E-state index contributed by atoms with van der Waals surface area (Å²) in [6.07, 6.45) is 0.937. The summed E-state index contributed by atoms with van der Waals surface area (Å²) in [4.78, 5) is 24.8. The molecular weight excluding hydrogens is 402 g/mol. The molecule has 3 N–H and O–H groups in total. The van der Waals surface area contributed by atoms with Gasteiger partial charge in [0, 0.05) is 23.0 Å². The lowest BCUT2D eigenvalue weighted by Crippen LogP contribution is -2.26. The molecule has 0 saturated carbocycles. The predicted molar refractivity (Wildman–Crippen MR) is 128 cm³/mol. The van der Waals surface area contributed by atoms with E-state index in [-0.39, 0.29) is 24.4 Å². The number of ether oxygens (including phenoxy) is 1. The number of benzene rings is 3. The molecule has 0 aliphatic heterocycles. The molecule has 6 heteroatoms. The molecule has 0 fully saturated rings. The molecule has 166 valence electrons. The number of hydrogen-bond donors (Lipinski definition) is 3. The van der Waals surface area contributed by atoms with Crippen LogP contribution in [0.25, 0.3) is 0 Å². The van der Waals surface area contributed by atoms with Gasteiger partial charge in [0.1, 0.15) is 5.75 Å². The maximum atomic E-state index is 12.5. The summed E-state index contributed by atoms with van der Waals surface area (Å²) in [6.45, 7) is 4.77. The lowest BCUT2D eigenvalue weighted by molar-refractivity contribution is -0.114. The first kappa shape index (κ1) is 22.9. The van der Waals surface area contributed by atoms with Gasteiger partial charge in [-0.05, 0) is 55.3 Å². The molecule has 0 aromatic heterocycles. The molecule has 1 atom stereocenters. The topological polar surface area (TPSA) is 79.5 Å². The van der Waals surface area contributed by atoms with Gasteiger partial charge in [0.15, 0.2) is 0 Å². The van der Waals surface area contributed by atoms with Crippen LogP contribution in [0.3, 0.4) is 0 Å². The third-order valence-corrected chi connectivity index (χ3v) is 4.84. The van der Waals surface area contributed by atoms with E-state index in [9.17, 15) is 9.59 Å². The smallest absolute Gasteiger partial charge is 0.251 e. The summed E-state index contributed by atoms with van der Waals surface area (Å²) in [5, 5.41) is 8.90. The van der Waals surface area contributed by atoms with Crippen molar-refractivity contribution in [2.24, 2.45) is 0 Å². The van der Waals surface area contributed by atoms with Crippen LogP contribution in [0.15, 0.2) is 78.9 Å². The van der Waals surface area contributed by atoms with Crippen molar-refractivity contribution in [1.82, 2.24) is 5.32 Å². The second kappa shape index (κ2) is 11.6. The van der Waals surface area contributed by atoms with Gasteiger partial charge in [-0.2, -0.15) is 0 Å². The number of hydrogen-bond acceptors (Lipinski definition) is 4. The second-order valence-corrected chi connectivity index (χ2v) is 7.46. The van der Waals surface area contributed by atoms with E-state index < -0.39 is 0 Å². The fourth-order valence-corrected chi connectivity index (χ4v) is 3.11. The first-order valence-electron chi connectivity index (χ1n) is 10.8. The molecule has 0 aliphatic rings. The first-order valence-corrected chi connectivity index (χ1v) is 10.8. The summed E-state index contributed by atoms with van der Waals surface area (Å²) in [5.41, 5.74) is 3.02. The predicted octanol–water partition coefficient (Wildman–Crippen LogP) is 5.02. The molecule has 3 aromatic carbocycles. The van der Waals surface area contributed by atoms with Crippen molar-refractivity contribution < 1.29 is 14.3 Å². The van der Waals surface area contributed by atoms with Crippen molar-refractivity contribution in [1.29, 1.82) is 0 Å². The molecule has 0 aliphatic carbocycles. The van der Waals surface area contributed by atoms with Crippen molar-refractivity contribution in [3.8, 4) is 5.75 Å². The van der Waals surface area contributed by atoms with Crippen molar-refractivity contribution >= 4 is 23.2 Å². The van der Waals surface area contributed by atoms with Gasteiger partial charge in [-0.1, -0.05) is 43.3 Å². The molecule has 3 aromatic rings. The third-order valence-electron chi connectivity index (χ3n) is 4.84. The Balaban J connectivity index is 1.48. The van der Waals surface area contributed by atoms with E-state index in [1.807, 2.05) is 61.5 Å². The van der Waals surface area contributed by atoms with Gasteiger partial charge in [0.2, 0.25) is 5.91 Å². The minimum Gasteiger partial charge on any atom is -0.494 e. The average Bonchev–Trinajstić information content (AvgIpc) is 2.82. The minimum absolute atomic E-state index is 0.0972. The van der Waals surface area contributed by atoms with Crippen molar-refractivity contribution in [2.75, 3.05) is 23.8 Å². The summed E-state index contributed by atoms with van der Waals surface area (Å²) in [7, 11) is 0. The second-order valence-electron chi connectivity index (χ2n) is 7.46. The highest BCUT2D eigenvalue weighted by atomic mass is 16.5. The molecule has 0 saturated heterocycles. The highest BCUT2D eigenvalue weighted by molar-refractivity contribution is 5.96. The van der Waals surface area contributed by atoms with Gasteiger partial charge in [-0.15, -0.1) is 0 Å². The average molecular weight is 432 g/mol. The largest absolute Gasteiger partial charge is 0.494 e. The zero-order valence-corrected chi connectivity index (χ0v) is 18.4. The van der Waals surface area contributed by atoms with Crippen LogP contribution >= 0.6 is 0 Å². The van der Waals surface area contributed by atoms with Gasteiger partial charge >= 0.3 is 0 Å². The maximum Gasteiger partial charge on any atom is 0.251 e. The SMILES string of the molecule is CCCOc1cccc(NCC(=O)Nc2ccc(C(=O)NC(C)c3ccccc3)cc2)c1. The normalized spacial score (nSPS) is 11.3. The van der Waals surface area contributed by atoms with Crippen LogP contribution in [0.4, 0.5) is 11.4 Å². The highest BCUT2D eigenvalue weighted by Crippen LogP contribution is 2.18. The highest BCUT2D eigenvalue weighted by Gasteiger charge is 2.11. The van der Waals surface area contributed by atoms with Gasteiger partial charge < -0.3 is 20.7 Å². The van der Waals surface area contributed by atoms with Crippen LogP contribution in [0.5, 0.6) is 5.75 Å². The third kappa shape index (κ3) is 6.87. The van der Waals surface area contributed by atoms with Crippen molar-refractivity contribution in [3.05, 3.63) is 90.0 Å². The number of anilines is 2. The molecule has 0 spiro atoms. The van der Waals surface area contributed by atoms with E-state index in [0.717, 1.165) is 23.4 Å². The summed E-state index contributed by atoms with van der Waals surface area (Å²) >= 11 is 0. The van der Waals surface area contributed by atoms with E-state index in [1.165, 1.54) is 0 Å². The molecule has 2 amide bonds. The zero-order valence-electron chi connectivity index (χ0n) is 18.4. The van der Waals surface area contributed by atoms with Crippen LogP contribution in [-0.4, -0.2) is 25.0 Å². The quantitative estimate of drug-likeness (QED) is 0.421. The van der Waals surface area contributed by atoms with E-state index in [4.69, 9.17) is 4.74 Å². The lowest BCUT2D eigenvalue weighted by atomic mass is 10.1. The number of carbonyl (C=O) groups is 2. The molecule has 1 unspecified atom stereocenters. The van der Waals surface area contributed by atoms with E-state index in [0.29, 0.717) is 17.9 Å². The molecule has 32 heavy (non-hydrogen) atoms. The van der Waals surface area contributed by atoms with Crippen LogP contribution in [-0.2, 0) is 4.79 Å². The minimum atomic E-state index is -0.181. The fourth-order valence-electron chi connectivity index (χ4n) is 3.11. The fraction of sp³-hybridized carbons (Fsp3) is 0.231. The number of rotatable bonds is 10. The zero-order chi connectivity index (χ0) is 22.8. The Morgan fingerprint density at radius 2 is 1.66 bits per heavy atom. The van der Waals surface area contributed by atoms with E-state index in [2.05, 4.69) is 22.9 Å². The Hall–Kier alpha value is -3.80. The summed E-state index contributed by atoms with van der Waals surface area (Å²) in [6, 6.07) is 24.1.